The van der Waals surface area contributed by atoms with Gasteiger partial charge in [0.05, 0.1) is 18.8 Å². The summed E-state index contributed by atoms with van der Waals surface area (Å²) < 4.78 is 28.2. The van der Waals surface area contributed by atoms with Crippen LogP contribution in [0.4, 0.5) is 10.5 Å². The van der Waals surface area contributed by atoms with Crippen LogP contribution < -0.4 is 10.2 Å². The lowest BCUT2D eigenvalue weighted by atomic mass is 9.96. The molecular weight excluding hydrogens is 415 g/mol. The van der Waals surface area contributed by atoms with E-state index in [4.69, 9.17) is 27.9 Å². The van der Waals surface area contributed by atoms with Crippen LogP contribution in [0, 0.1) is 0 Å². The minimum absolute atomic E-state index is 0.0371. The first-order chi connectivity index (χ1) is 12.7. The lowest BCUT2D eigenvalue weighted by Gasteiger charge is -2.18. The number of halogens is 2. The lowest BCUT2D eigenvalue weighted by Crippen LogP contribution is -2.37. The van der Waals surface area contributed by atoms with Crippen LogP contribution in [0.1, 0.15) is 17.9 Å². The van der Waals surface area contributed by atoms with E-state index in [1.54, 1.807) is 18.2 Å². The van der Waals surface area contributed by atoms with Gasteiger partial charge in [-0.2, -0.15) is 0 Å². The van der Waals surface area contributed by atoms with Gasteiger partial charge in [-0.3, -0.25) is 9.69 Å². The second kappa shape index (κ2) is 8.08. The summed E-state index contributed by atoms with van der Waals surface area (Å²) in [4.78, 5) is 23.8. The molecule has 2 aliphatic rings. The average molecular weight is 433 g/mol. The van der Waals surface area contributed by atoms with Crippen LogP contribution in [0.5, 0.6) is 0 Å². The van der Waals surface area contributed by atoms with Gasteiger partial charge in [-0.25, -0.2) is 13.2 Å². The fourth-order valence-electron chi connectivity index (χ4n) is 2.98. The van der Waals surface area contributed by atoms with E-state index < -0.39 is 32.8 Å². The van der Waals surface area contributed by atoms with Gasteiger partial charge >= 0.3 is 6.09 Å². The van der Waals surface area contributed by atoms with E-state index in [9.17, 15) is 18.0 Å². The van der Waals surface area contributed by atoms with Crippen LogP contribution in [0.2, 0.25) is 0 Å². The normalized spacial score (nSPS) is 24.1. The van der Waals surface area contributed by atoms with Crippen molar-refractivity contribution < 1.29 is 22.7 Å². The van der Waals surface area contributed by atoms with Crippen LogP contribution in [-0.2, 0) is 19.4 Å². The molecule has 0 aliphatic carbocycles. The topological polar surface area (TPSA) is 92.8 Å². The van der Waals surface area contributed by atoms with Crippen LogP contribution >= 0.6 is 23.2 Å². The predicted molar refractivity (Wildman–Crippen MR) is 103 cm³/mol. The second-order valence-corrected chi connectivity index (χ2v) is 9.45. The molecule has 1 aromatic carbocycles. The Kier molecular flexibility index (Phi) is 5.98. The predicted octanol–water partition coefficient (Wildman–Crippen LogP) is 2.35. The first kappa shape index (κ1) is 20.0. The number of rotatable bonds is 5. The first-order valence-corrected chi connectivity index (χ1v) is 10.9. The number of carbonyl (C=O) groups excluding carboxylic acids is 2. The van der Waals surface area contributed by atoms with E-state index in [0.717, 1.165) is 5.56 Å². The SMILES string of the molecule is O=C(NC[C@H]1CN(c2ccc(C3C=CS(=O)(=O)CC3)cc2)C(=O)O1)C(Cl)Cl. The van der Waals surface area contributed by atoms with Gasteiger partial charge in [0.1, 0.15) is 6.10 Å². The van der Waals surface area contributed by atoms with E-state index in [1.807, 2.05) is 12.1 Å². The number of nitrogens with one attached hydrogen (secondary N) is 1. The molecule has 7 nitrogen and oxygen atoms in total. The maximum absolute atomic E-state index is 12.1. The molecule has 2 heterocycles. The third-order valence-electron chi connectivity index (χ3n) is 4.44. The van der Waals surface area contributed by atoms with Gasteiger partial charge in [0.15, 0.2) is 14.7 Å². The summed E-state index contributed by atoms with van der Waals surface area (Å²) in [5.74, 6) is -0.373. The zero-order valence-corrected chi connectivity index (χ0v) is 16.5. The molecule has 2 atom stereocenters. The standard InChI is InChI=1S/C17H18Cl2N2O5S/c18-15(19)16(22)20-9-14-10-21(17(23)26-14)13-3-1-11(2-4-13)12-5-7-27(24,25)8-6-12/h1-5,7,12,14-15H,6,8-10H2,(H,20,22)/t12?,14-/m0/s1. The number of sulfone groups is 1. The molecule has 2 aliphatic heterocycles. The molecule has 1 saturated heterocycles. The summed E-state index contributed by atoms with van der Waals surface area (Å²) in [5.41, 5.74) is 1.65. The largest absolute Gasteiger partial charge is 0.442 e. The van der Waals surface area contributed by atoms with E-state index in [2.05, 4.69) is 5.32 Å². The van der Waals surface area contributed by atoms with E-state index >= 15 is 0 Å². The summed E-state index contributed by atoms with van der Waals surface area (Å²) in [5, 5.41) is 3.77. The van der Waals surface area contributed by atoms with Gasteiger partial charge in [0, 0.05) is 17.0 Å². The summed E-state index contributed by atoms with van der Waals surface area (Å²) in [6.07, 6.45) is 1.23. The number of hydrogen-bond donors (Lipinski definition) is 1. The van der Waals surface area contributed by atoms with Crippen LogP contribution in [-0.4, -0.2) is 50.2 Å². The van der Waals surface area contributed by atoms with Gasteiger partial charge in [-0.05, 0) is 24.1 Å². The molecule has 10 heteroatoms. The highest BCUT2D eigenvalue weighted by Crippen LogP contribution is 2.29. The number of alkyl halides is 2. The Hall–Kier alpha value is -1.77. The zero-order valence-electron chi connectivity index (χ0n) is 14.2. The molecule has 3 rings (SSSR count). The van der Waals surface area contributed by atoms with E-state index in [1.165, 1.54) is 10.3 Å². The molecule has 27 heavy (non-hydrogen) atoms. The Morgan fingerprint density at radius 3 is 2.59 bits per heavy atom. The van der Waals surface area contributed by atoms with Crippen molar-refractivity contribution >= 4 is 50.7 Å². The van der Waals surface area contributed by atoms with Crippen molar-refractivity contribution in [1.29, 1.82) is 0 Å². The van der Waals surface area contributed by atoms with Crippen molar-refractivity contribution in [3.63, 3.8) is 0 Å². The monoisotopic (exact) mass is 432 g/mol. The molecule has 0 saturated carbocycles. The highest BCUT2D eigenvalue weighted by atomic mass is 35.5. The lowest BCUT2D eigenvalue weighted by molar-refractivity contribution is -0.119. The second-order valence-electron chi connectivity index (χ2n) is 6.34. The van der Waals surface area contributed by atoms with Gasteiger partial charge < -0.3 is 10.1 Å². The Balaban J connectivity index is 1.62. The number of hydrogen-bond acceptors (Lipinski definition) is 5. The number of amides is 2. The molecule has 0 aromatic heterocycles. The van der Waals surface area contributed by atoms with Crippen molar-refractivity contribution in [3.05, 3.63) is 41.3 Å². The molecule has 0 bridgehead atoms. The van der Waals surface area contributed by atoms with Gasteiger partial charge in [0.2, 0.25) is 0 Å². The Labute approximate surface area is 167 Å². The molecule has 0 radical (unpaired) electrons. The van der Waals surface area contributed by atoms with E-state index in [-0.39, 0.29) is 24.8 Å². The number of carbonyl (C=O) groups is 2. The fraction of sp³-hybridized carbons (Fsp3) is 0.412. The summed E-state index contributed by atoms with van der Waals surface area (Å²) in [7, 11) is -3.07. The van der Waals surface area contributed by atoms with Gasteiger partial charge in [-0.1, -0.05) is 41.4 Å². The average Bonchev–Trinajstić information content (AvgIpc) is 3.00. The minimum atomic E-state index is -3.07. The molecule has 1 unspecified atom stereocenters. The third-order valence-corrected chi connectivity index (χ3v) is 6.21. The van der Waals surface area contributed by atoms with Gasteiger partial charge in [-0.15, -0.1) is 0 Å². The van der Waals surface area contributed by atoms with Crippen molar-refractivity contribution in [1.82, 2.24) is 5.32 Å². The Morgan fingerprint density at radius 2 is 2.00 bits per heavy atom. The number of cyclic esters (lactones) is 1. The smallest absolute Gasteiger partial charge is 0.414 e. The highest BCUT2D eigenvalue weighted by molar-refractivity contribution is 7.94. The number of allylic oxidation sites excluding steroid dienone is 1. The molecule has 1 aromatic rings. The van der Waals surface area contributed by atoms with Crippen molar-refractivity contribution in [2.75, 3.05) is 23.7 Å². The molecule has 146 valence electrons. The molecule has 1 fully saturated rings. The molecule has 2 amide bonds. The van der Waals surface area contributed by atoms with Crippen molar-refractivity contribution in [3.8, 4) is 0 Å². The number of benzene rings is 1. The van der Waals surface area contributed by atoms with Crippen LogP contribution in [0.25, 0.3) is 0 Å². The highest BCUT2D eigenvalue weighted by Gasteiger charge is 2.33. The van der Waals surface area contributed by atoms with E-state index in [0.29, 0.717) is 12.1 Å². The molecule has 1 N–H and O–H groups in total. The maximum atomic E-state index is 12.1. The third kappa shape index (κ3) is 4.94. The maximum Gasteiger partial charge on any atom is 0.414 e. The van der Waals surface area contributed by atoms with Crippen molar-refractivity contribution in [2.24, 2.45) is 0 Å². The summed E-state index contributed by atoms with van der Waals surface area (Å²) >= 11 is 10.9. The minimum Gasteiger partial charge on any atom is -0.442 e. The van der Waals surface area contributed by atoms with Crippen LogP contribution in [0.3, 0.4) is 0 Å². The van der Waals surface area contributed by atoms with Crippen molar-refractivity contribution in [2.45, 2.75) is 23.3 Å². The number of ether oxygens (including phenoxy) is 1. The first-order valence-electron chi connectivity index (χ1n) is 8.30. The quantitative estimate of drug-likeness (QED) is 0.720. The fourth-order valence-corrected chi connectivity index (χ4v) is 4.28. The van der Waals surface area contributed by atoms with Gasteiger partial charge in [0.25, 0.3) is 5.91 Å². The molecular formula is C17H18Cl2N2O5S. The summed E-state index contributed by atoms with van der Waals surface area (Å²) in [6.45, 7) is 0.408. The van der Waals surface area contributed by atoms with Crippen LogP contribution in [0.15, 0.2) is 35.7 Å². The Morgan fingerprint density at radius 1 is 1.30 bits per heavy atom. The zero-order chi connectivity index (χ0) is 19.6. The Bertz CT molecular complexity index is 855. The summed E-state index contributed by atoms with van der Waals surface area (Å²) in [6, 6.07) is 7.33. The molecule has 0 spiro atoms. The number of anilines is 1. The number of nitrogens with zero attached hydrogens (tertiary/aromatic N) is 1.